The van der Waals surface area contributed by atoms with E-state index >= 15 is 0 Å². The van der Waals surface area contributed by atoms with Crippen LogP contribution < -0.4 is 9.47 Å². The van der Waals surface area contributed by atoms with Gasteiger partial charge in [0.1, 0.15) is 11.4 Å². The Labute approximate surface area is 205 Å². The number of amides is 1. The van der Waals surface area contributed by atoms with Crippen molar-refractivity contribution in [3.05, 3.63) is 23.3 Å². The number of Topliss-reactive ketones (excluding diaryl/α,β-unsaturated/α-hetero) is 2. The average Bonchev–Trinajstić information content (AvgIpc) is 3.57. The molecule has 0 saturated heterocycles. The molecular formula is C27H34N2O6. The molecule has 1 aromatic carbocycles. The number of carbonyl (C=O) groups excluding carboxylic acids is 3. The topological polar surface area (TPSA) is 106 Å². The van der Waals surface area contributed by atoms with Crippen molar-refractivity contribution in [1.29, 1.82) is 0 Å². The lowest BCUT2D eigenvalue weighted by Crippen LogP contribution is -2.75. The van der Waals surface area contributed by atoms with Gasteiger partial charge in [0.2, 0.25) is 0 Å². The van der Waals surface area contributed by atoms with E-state index in [0.717, 1.165) is 23.4 Å². The number of nitrogens with zero attached hydrogens (tertiary/aromatic N) is 2. The highest BCUT2D eigenvalue weighted by atomic mass is 16.6. The molecule has 1 N–H and O–H groups in total. The van der Waals surface area contributed by atoms with Crippen molar-refractivity contribution in [3.8, 4) is 11.5 Å². The van der Waals surface area contributed by atoms with Crippen molar-refractivity contribution in [2.45, 2.75) is 82.3 Å². The van der Waals surface area contributed by atoms with E-state index < -0.39 is 23.2 Å². The van der Waals surface area contributed by atoms with Crippen LogP contribution >= 0.6 is 0 Å². The van der Waals surface area contributed by atoms with Gasteiger partial charge in [-0.1, -0.05) is 13.0 Å². The number of hydrogen-bond acceptors (Lipinski definition) is 7. The molecule has 3 atom stereocenters. The molecule has 3 fully saturated rings. The fraction of sp³-hybridized carbons (Fsp3) is 0.630. The molecule has 188 valence electrons. The summed E-state index contributed by atoms with van der Waals surface area (Å²) >= 11 is 0. The number of hydrogen-bond donors (Lipinski definition) is 1. The summed E-state index contributed by atoms with van der Waals surface area (Å²) in [4.78, 5) is 43.2. The Morgan fingerprint density at radius 1 is 1.31 bits per heavy atom. The molecule has 1 aliphatic heterocycles. The van der Waals surface area contributed by atoms with Crippen molar-refractivity contribution < 1.29 is 29.0 Å². The van der Waals surface area contributed by atoms with Crippen LogP contribution in [0, 0.1) is 5.92 Å². The maximum Gasteiger partial charge on any atom is 0.415 e. The minimum atomic E-state index is -1.22. The van der Waals surface area contributed by atoms with Gasteiger partial charge in [-0.25, -0.2) is 4.79 Å². The minimum Gasteiger partial charge on any atom is -0.477 e. The number of carbonyl (C=O) groups is 3. The predicted molar refractivity (Wildman–Crippen MR) is 129 cm³/mol. The molecule has 1 heterocycles. The summed E-state index contributed by atoms with van der Waals surface area (Å²) in [6.45, 7) is 4.67. The Morgan fingerprint density at radius 3 is 2.77 bits per heavy atom. The van der Waals surface area contributed by atoms with E-state index in [2.05, 4.69) is 0 Å². The van der Waals surface area contributed by atoms with Crippen molar-refractivity contribution in [2.75, 3.05) is 20.1 Å². The number of aliphatic hydroxyl groups is 1. The Kier molecular flexibility index (Phi) is 5.98. The Hall–Kier alpha value is -2.74. The van der Waals surface area contributed by atoms with Crippen molar-refractivity contribution in [1.82, 2.24) is 4.90 Å². The molecule has 2 unspecified atom stereocenters. The number of aliphatic imine (C=N–C) groups is 1. The van der Waals surface area contributed by atoms with Crippen LogP contribution in [0.1, 0.15) is 69.9 Å². The van der Waals surface area contributed by atoms with E-state index in [9.17, 15) is 19.5 Å². The van der Waals surface area contributed by atoms with Crippen molar-refractivity contribution in [3.63, 3.8) is 0 Å². The lowest BCUT2D eigenvalue weighted by atomic mass is 9.45. The standard InChI is InChI=1S/C27H34N2O6/c1-4-18-9-10-20(34-25(32)29(3)13-5-6-16(2)30)23-22(18)26-14-21(28-15-17-7-8-17)27(26,33)12-11-19(31)24(26)35-23/h9-10,17,24,33H,4-8,11-15H2,1-3H3/t24-,26?,27?/m0/s1. The first kappa shape index (κ1) is 24.0. The summed E-state index contributed by atoms with van der Waals surface area (Å²) in [5.74, 6) is 1.29. The van der Waals surface area contributed by atoms with E-state index in [1.165, 1.54) is 24.7 Å². The van der Waals surface area contributed by atoms with Crippen LogP contribution in [0.3, 0.4) is 0 Å². The average molecular weight is 483 g/mol. The fourth-order valence-corrected chi connectivity index (χ4v) is 5.94. The van der Waals surface area contributed by atoms with Gasteiger partial charge in [0.25, 0.3) is 0 Å². The number of ketones is 2. The van der Waals surface area contributed by atoms with Crippen LogP contribution in [0.15, 0.2) is 17.1 Å². The quantitative estimate of drug-likeness (QED) is 0.609. The molecular weight excluding hydrogens is 448 g/mol. The summed E-state index contributed by atoms with van der Waals surface area (Å²) in [6, 6.07) is 3.60. The molecule has 1 aromatic rings. The normalized spacial score (nSPS) is 29.5. The van der Waals surface area contributed by atoms with Gasteiger partial charge in [-0.05, 0) is 56.6 Å². The molecule has 3 aliphatic carbocycles. The fourth-order valence-electron chi connectivity index (χ4n) is 5.94. The molecule has 8 nitrogen and oxygen atoms in total. The Balaban J connectivity index is 1.46. The zero-order valence-electron chi connectivity index (χ0n) is 20.8. The molecule has 0 aromatic heterocycles. The van der Waals surface area contributed by atoms with Gasteiger partial charge < -0.3 is 24.3 Å². The minimum absolute atomic E-state index is 0.0344. The van der Waals surface area contributed by atoms with Gasteiger partial charge in [0.05, 0.1) is 5.41 Å². The molecule has 3 saturated carbocycles. The first-order chi connectivity index (χ1) is 16.7. The number of aryl methyl sites for hydroxylation is 1. The molecule has 0 radical (unpaired) electrons. The SMILES string of the molecule is CCc1ccc(OC(=O)N(C)CCCC(C)=O)c2c1C13CC(=NCC4CC4)C1(O)CCC(=O)[C@@H]3O2. The van der Waals surface area contributed by atoms with Crippen LogP contribution in [0.4, 0.5) is 4.79 Å². The second-order valence-corrected chi connectivity index (χ2v) is 10.6. The first-order valence-corrected chi connectivity index (χ1v) is 12.8. The predicted octanol–water partition coefficient (Wildman–Crippen LogP) is 3.40. The molecule has 5 rings (SSSR count). The third-order valence-electron chi connectivity index (χ3n) is 8.17. The first-order valence-electron chi connectivity index (χ1n) is 12.8. The van der Waals surface area contributed by atoms with Gasteiger partial charge in [-0.2, -0.15) is 0 Å². The van der Waals surface area contributed by atoms with Crippen LogP contribution in [0.2, 0.25) is 0 Å². The van der Waals surface area contributed by atoms with Gasteiger partial charge in [-0.15, -0.1) is 0 Å². The Bertz CT molecular complexity index is 1110. The molecule has 35 heavy (non-hydrogen) atoms. The highest BCUT2D eigenvalue weighted by molar-refractivity contribution is 6.08. The number of fused-ring (bicyclic) bond motifs is 1. The highest BCUT2D eigenvalue weighted by Crippen LogP contribution is 2.65. The molecule has 8 heteroatoms. The molecule has 0 bridgehead atoms. The van der Waals surface area contributed by atoms with E-state index in [1.54, 1.807) is 13.1 Å². The maximum atomic E-state index is 13.0. The number of rotatable bonds is 8. The van der Waals surface area contributed by atoms with Crippen LogP contribution in [-0.2, 0) is 21.4 Å². The molecule has 1 amide bonds. The van der Waals surface area contributed by atoms with E-state index in [-0.39, 0.29) is 23.7 Å². The smallest absolute Gasteiger partial charge is 0.415 e. The molecule has 4 aliphatic rings. The van der Waals surface area contributed by atoms with Crippen LogP contribution in [0.5, 0.6) is 11.5 Å². The zero-order valence-corrected chi connectivity index (χ0v) is 20.8. The highest BCUT2D eigenvalue weighted by Gasteiger charge is 2.75. The summed E-state index contributed by atoms with van der Waals surface area (Å²) in [5, 5.41) is 12.0. The van der Waals surface area contributed by atoms with Gasteiger partial charge in [0, 0.05) is 50.7 Å². The van der Waals surface area contributed by atoms with Gasteiger partial charge in [0.15, 0.2) is 23.4 Å². The second kappa shape index (κ2) is 8.73. The van der Waals surface area contributed by atoms with Crippen molar-refractivity contribution >= 4 is 23.4 Å². The summed E-state index contributed by atoms with van der Waals surface area (Å²) in [6.07, 6.45) is 3.70. The third kappa shape index (κ3) is 3.77. The van der Waals surface area contributed by atoms with E-state index in [0.29, 0.717) is 50.3 Å². The number of ether oxygens (including phenoxy) is 2. The summed E-state index contributed by atoms with van der Waals surface area (Å²) in [5.41, 5.74) is 0.429. The maximum absolute atomic E-state index is 13.0. The van der Waals surface area contributed by atoms with Crippen molar-refractivity contribution in [2.24, 2.45) is 10.9 Å². The lowest BCUT2D eigenvalue weighted by Gasteiger charge is -2.59. The van der Waals surface area contributed by atoms with E-state index in [4.69, 9.17) is 14.5 Å². The lowest BCUT2D eigenvalue weighted by molar-refractivity contribution is -0.145. The van der Waals surface area contributed by atoms with Gasteiger partial charge >= 0.3 is 6.09 Å². The largest absolute Gasteiger partial charge is 0.477 e. The third-order valence-corrected chi connectivity index (χ3v) is 8.17. The molecule has 1 spiro atoms. The number of benzene rings is 1. The van der Waals surface area contributed by atoms with Gasteiger partial charge in [-0.3, -0.25) is 9.79 Å². The summed E-state index contributed by atoms with van der Waals surface area (Å²) < 4.78 is 12.0. The zero-order chi connectivity index (χ0) is 25.0. The monoisotopic (exact) mass is 482 g/mol. The summed E-state index contributed by atoms with van der Waals surface area (Å²) in [7, 11) is 1.62. The van der Waals surface area contributed by atoms with Crippen LogP contribution in [-0.4, -0.2) is 65.2 Å². The van der Waals surface area contributed by atoms with Crippen LogP contribution in [0.25, 0.3) is 0 Å². The van der Waals surface area contributed by atoms with E-state index in [1.807, 2.05) is 13.0 Å². The second-order valence-electron chi connectivity index (χ2n) is 10.6. The Morgan fingerprint density at radius 2 is 2.09 bits per heavy atom.